The fourth-order valence-corrected chi connectivity index (χ4v) is 4.48. The van der Waals surface area contributed by atoms with Crippen LogP contribution in [0.25, 0.3) is 0 Å². The van der Waals surface area contributed by atoms with Crippen LogP contribution in [0.2, 0.25) is 0 Å². The molecule has 0 aromatic rings. The Kier molecular flexibility index (Phi) is 38.0. The number of cyclic esters (lactones) is 2. The third-order valence-electron chi connectivity index (χ3n) is 7.24. The molecule has 1 aliphatic heterocycles. The highest BCUT2D eigenvalue weighted by atomic mass is 16.6. The number of hydrogen-bond donors (Lipinski definition) is 2. The van der Waals surface area contributed by atoms with Crippen molar-refractivity contribution in [3.8, 4) is 0 Å². The van der Waals surface area contributed by atoms with E-state index in [-0.39, 0.29) is 0 Å². The van der Waals surface area contributed by atoms with Crippen molar-refractivity contribution in [2.45, 2.75) is 168 Å². The molecule has 0 spiro atoms. The van der Waals surface area contributed by atoms with Gasteiger partial charge in [-0.25, -0.2) is 9.59 Å². The number of carbonyl (C=O) groups excluding carboxylic acids is 2. The number of esters is 2. The molecule has 0 aromatic heterocycles. The van der Waals surface area contributed by atoms with Crippen LogP contribution in [0.4, 0.5) is 0 Å². The quantitative estimate of drug-likeness (QED) is 0.0371. The molecule has 0 aliphatic carbocycles. The molecule has 7 nitrogen and oxygen atoms in total. The van der Waals surface area contributed by atoms with E-state index in [0.29, 0.717) is 12.8 Å². The van der Waals surface area contributed by atoms with Gasteiger partial charge in [0.15, 0.2) is 0 Å². The zero-order valence-electron chi connectivity index (χ0n) is 29.7. The van der Waals surface area contributed by atoms with Crippen LogP contribution < -0.4 is 0 Å². The number of carbonyl (C=O) groups is 4. The van der Waals surface area contributed by atoms with E-state index in [4.69, 9.17) is 10.2 Å². The van der Waals surface area contributed by atoms with E-state index < -0.39 is 23.9 Å². The number of unbranched alkanes of at least 4 members (excludes halogenated alkanes) is 16. The van der Waals surface area contributed by atoms with Crippen molar-refractivity contribution in [1.29, 1.82) is 0 Å². The van der Waals surface area contributed by atoms with Gasteiger partial charge in [-0.05, 0) is 77.0 Å². The maximum atomic E-state index is 10.3. The molecule has 0 saturated heterocycles. The maximum absolute atomic E-state index is 10.3. The Bertz CT molecular complexity index is 840. The van der Waals surface area contributed by atoms with Crippen molar-refractivity contribution in [3.05, 3.63) is 60.8 Å². The first-order valence-electron chi connectivity index (χ1n) is 18.3. The summed E-state index contributed by atoms with van der Waals surface area (Å²) >= 11 is 0. The van der Waals surface area contributed by atoms with Crippen LogP contribution >= 0.6 is 0 Å². The van der Waals surface area contributed by atoms with Crippen molar-refractivity contribution in [2.75, 3.05) is 0 Å². The number of carboxylic acid groups (broad SMARTS) is 2. The molecule has 1 rings (SSSR count). The fraction of sp³-hybridized carbons (Fsp3) is 0.650. The average molecular weight is 659 g/mol. The van der Waals surface area contributed by atoms with Crippen LogP contribution in [0.3, 0.4) is 0 Å². The van der Waals surface area contributed by atoms with Gasteiger partial charge >= 0.3 is 23.9 Å². The van der Waals surface area contributed by atoms with Crippen molar-refractivity contribution in [1.82, 2.24) is 0 Å². The van der Waals surface area contributed by atoms with Crippen molar-refractivity contribution >= 4 is 23.9 Å². The number of hydrogen-bond acceptors (Lipinski definition) is 5. The number of rotatable bonds is 28. The van der Waals surface area contributed by atoms with Crippen LogP contribution in [0.1, 0.15) is 168 Å². The highest BCUT2D eigenvalue weighted by Gasteiger charge is 2.10. The molecule has 268 valence electrons. The SMILES string of the molecule is CCCCC/C=C\C/C=C\CCCCCCCC(=O)O.CCCCC/C=C\C/C=C\CCCCCCCC(=O)O.O=C1C=CC(=O)O1. The first-order valence-corrected chi connectivity index (χ1v) is 18.3. The molecule has 0 fully saturated rings. The molecule has 0 unspecified atom stereocenters. The lowest BCUT2D eigenvalue weighted by molar-refractivity contribution is -0.150. The van der Waals surface area contributed by atoms with E-state index in [1.807, 2.05) is 0 Å². The van der Waals surface area contributed by atoms with Gasteiger partial charge in [-0.2, -0.15) is 0 Å². The highest BCUT2D eigenvalue weighted by Crippen LogP contribution is 2.09. The summed E-state index contributed by atoms with van der Waals surface area (Å²) < 4.78 is 3.97. The molecule has 0 bridgehead atoms. The number of carboxylic acids is 2. The molecule has 1 aliphatic rings. The summed E-state index contributed by atoms with van der Waals surface area (Å²) in [5.41, 5.74) is 0. The molecule has 1 heterocycles. The minimum atomic E-state index is -0.671. The van der Waals surface area contributed by atoms with E-state index in [0.717, 1.165) is 63.5 Å². The lowest BCUT2D eigenvalue weighted by Gasteiger charge is -1.98. The highest BCUT2D eigenvalue weighted by molar-refractivity contribution is 6.04. The summed E-state index contributed by atoms with van der Waals surface area (Å²) in [6.45, 7) is 4.47. The third kappa shape index (κ3) is 45.0. The zero-order valence-corrected chi connectivity index (χ0v) is 29.7. The summed E-state index contributed by atoms with van der Waals surface area (Å²) in [5.74, 6) is -2.50. The summed E-state index contributed by atoms with van der Waals surface area (Å²) in [4.78, 5) is 40.5. The molecule has 7 heteroatoms. The topological polar surface area (TPSA) is 118 Å². The van der Waals surface area contributed by atoms with E-state index >= 15 is 0 Å². The van der Waals surface area contributed by atoms with Gasteiger partial charge in [0.25, 0.3) is 0 Å². The molecule has 0 saturated carbocycles. The molecular weight excluding hydrogens is 592 g/mol. The standard InChI is InChI=1S/2C18H32O2.C4H2O3/c2*1-2-3-4-5-6-7-8-9-10-11-12-13-14-15-16-17-18(19)20;5-3-1-2-4(6)7-3/h2*6-7,9-10H,2-5,8,11-17H2,1H3,(H,19,20);1-2H/b2*7-6-,10-9-;. The van der Waals surface area contributed by atoms with E-state index in [1.165, 1.54) is 89.9 Å². The normalized spacial score (nSPS) is 12.6. The lowest BCUT2D eigenvalue weighted by atomic mass is 10.1. The fourth-order valence-electron chi connectivity index (χ4n) is 4.48. The van der Waals surface area contributed by atoms with E-state index in [2.05, 4.69) is 67.2 Å². The second-order valence-corrected chi connectivity index (χ2v) is 11.8. The van der Waals surface area contributed by atoms with Crippen LogP contribution in [0, 0.1) is 0 Å². The zero-order chi connectivity index (χ0) is 35.1. The second-order valence-electron chi connectivity index (χ2n) is 11.8. The lowest BCUT2D eigenvalue weighted by Crippen LogP contribution is -1.96. The summed E-state index contributed by atoms with van der Waals surface area (Å²) in [7, 11) is 0. The molecule has 0 atom stereocenters. The molecule has 47 heavy (non-hydrogen) atoms. The van der Waals surface area contributed by atoms with Crippen molar-refractivity contribution in [2.24, 2.45) is 0 Å². The minimum Gasteiger partial charge on any atom is -0.481 e. The molecular formula is C40H66O7. The Morgan fingerprint density at radius 3 is 1.06 bits per heavy atom. The minimum absolute atomic E-state index is 0.324. The summed E-state index contributed by atoms with van der Waals surface area (Å²) in [5, 5.41) is 17.0. The Morgan fingerprint density at radius 1 is 0.489 bits per heavy atom. The predicted molar refractivity (Wildman–Crippen MR) is 194 cm³/mol. The third-order valence-corrected chi connectivity index (χ3v) is 7.24. The van der Waals surface area contributed by atoms with Gasteiger partial charge in [0.1, 0.15) is 0 Å². The van der Waals surface area contributed by atoms with Crippen LogP contribution in [0.5, 0.6) is 0 Å². The van der Waals surface area contributed by atoms with Gasteiger partial charge in [-0.3, -0.25) is 9.59 Å². The van der Waals surface area contributed by atoms with Gasteiger partial charge in [-0.1, -0.05) is 127 Å². The number of allylic oxidation sites excluding steroid dienone is 8. The smallest absolute Gasteiger partial charge is 0.338 e. The Hall–Kier alpha value is -3.22. The first-order chi connectivity index (χ1) is 22.8. The Balaban J connectivity index is 0. The van der Waals surface area contributed by atoms with Crippen LogP contribution in [-0.2, 0) is 23.9 Å². The van der Waals surface area contributed by atoms with Crippen molar-refractivity contribution in [3.63, 3.8) is 0 Å². The van der Waals surface area contributed by atoms with Crippen molar-refractivity contribution < 1.29 is 34.1 Å². The van der Waals surface area contributed by atoms with Gasteiger partial charge in [0, 0.05) is 25.0 Å². The number of aliphatic carboxylic acids is 2. The van der Waals surface area contributed by atoms with Gasteiger partial charge in [0.2, 0.25) is 0 Å². The Labute approximate surface area is 286 Å². The average Bonchev–Trinajstić information content (AvgIpc) is 3.43. The van der Waals surface area contributed by atoms with Crippen LogP contribution in [0.15, 0.2) is 60.8 Å². The maximum Gasteiger partial charge on any atom is 0.338 e. The van der Waals surface area contributed by atoms with Gasteiger partial charge in [-0.15, -0.1) is 0 Å². The predicted octanol–water partition coefficient (Wildman–Crippen LogP) is 11.4. The van der Waals surface area contributed by atoms with Gasteiger partial charge < -0.3 is 14.9 Å². The Morgan fingerprint density at radius 2 is 0.787 bits per heavy atom. The largest absolute Gasteiger partial charge is 0.481 e. The van der Waals surface area contributed by atoms with Crippen LogP contribution in [-0.4, -0.2) is 34.1 Å². The summed E-state index contributed by atoms with van der Waals surface area (Å²) in [6, 6.07) is 0. The summed E-state index contributed by atoms with van der Waals surface area (Å²) in [6.07, 6.45) is 46.7. The second kappa shape index (κ2) is 39.0. The molecule has 0 amide bonds. The monoisotopic (exact) mass is 658 g/mol. The van der Waals surface area contributed by atoms with E-state index in [9.17, 15) is 19.2 Å². The molecule has 0 aromatic carbocycles. The van der Waals surface area contributed by atoms with Gasteiger partial charge in [0.05, 0.1) is 0 Å². The van der Waals surface area contributed by atoms with E-state index in [1.54, 1.807) is 0 Å². The number of ether oxygens (including phenoxy) is 1. The first kappa shape index (κ1) is 45.9. The molecule has 0 radical (unpaired) electrons. The molecule has 2 N–H and O–H groups in total.